The van der Waals surface area contributed by atoms with Crippen LogP contribution in [0.15, 0.2) is 35.3 Å². The number of guanidine groups is 1. The molecule has 0 bridgehead atoms. The van der Waals surface area contributed by atoms with E-state index >= 15 is 0 Å². The largest absolute Gasteiger partial charge is 0.357 e. The molecule has 1 aliphatic rings. The summed E-state index contributed by atoms with van der Waals surface area (Å²) < 4.78 is 0. The maximum absolute atomic E-state index is 4.70. The summed E-state index contributed by atoms with van der Waals surface area (Å²) in [6, 6.07) is 7.15. The summed E-state index contributed by atoms with van der Waals surface area (Å²) >= 11 is 0. The van der Waals surface area contributed by atoms with E-state index in [2.05, 4.69) is 61.8 Å². The van der Waals surface area contributed by atoms with Gasteiger partial charge in [-0.25, -0.2) is 0 Å². The molecule has 3 nitrogen and oxygen atoms in total. The molecule has 0 aromatic heterocycles. The normalized spacial score (nSPS) is 14.8. The van der Waals surface area contributed by atoms with Crippen LogP contribution in [0.3, 0.4) is 0 Å². The van der Waals surface area contributed by atoms with Crippen molar-refractivity contribution in [1.29, 1.82) is 0 Å². The van der Waals surface area contributed by atoms with Crippen molar-refractivity contribution in [1.82, 2.24) is 10.6 Å². The highest BCUT2D eigenvalue weighted by atomic mass is 127. The van der Waals surface area contributed by atoms with Crippen LogP contribution in [0.25, 0.3) is 0 Å². The third-order valence-electron chi connectivity index (χ3n) is 3.84. The predicted octanol–water partition coefficient (Wildman–Crippen LogP) is 3.74. The molecule has 2 rings (SSSR count). The number of nitrogens with one attached hydrogen (secondary N) is 2. The fraction of sp³-hybridized carbons (Fsp3) is 0.500. The van der Waals surface area contributed by atoms with Crippen LogP contribution in [0, 0.1) is 13.8 Å². The van der Waals surface area contributed by atoms with Gasteiger partial charge in [-0.1, -0.05) is 35.9 Å². The topological polar surface area (TPSA) is 36.4 Å². The molecule has 0 radical (unpaired) electrons. The van der Waals surface area contributed by atoms with Gasteiger partial charge >= 0.3 is 0 Å². The molecule has 0 saturated carbocycles. The Kier molecular flexibility index (Phi) is 8.53. The number of nitrogens with zero attached hydrogens (tertiary/aromatic N) is 1. The average Bonchev–Trinajstić information content (AvgIpc) is 2.94. The van der Waals surface area contributed by atoms with Crippen molar-refractivity contribution in [2.45, 2.75) is 46.1 Å². The van der Waals surface area contributed by atoms with E-state index < -0.39 is 0 Å². The van der Waals surface area contributed by atoms with Gasteiger partial charge in [0.25, 0.3) is 0 Å². The second kappa shape index (κ2) is 9.87. The summed E-state index contributed by atoms with van der Waals surface area (Å²) in [6.45, 7) is 8.14. The number of hydrogen-bond acceptors (Lipinski definition) is 1. The van der Waals surface area contributed by atoms with E-state index in [-0.39, 0.29) is 24.0 Å². The van der Waals surface area contributed by atoms with Crippen LogP contribution in [0.5, 0.6) is 0 Å². The van der Waals surface area contributed by atoms with Gasteiger partial charge in [-0.2, -0.15) is 0 Å². The van der Waals surface area contributed by atoms with Gasteiger partial charge in [0.15, 0.2) is 5.96 Å². The lowest BCUT2D eigenvalue weighted by Gasteiger charge is -2.16. The zero-order valence-corrected chi connectivity index (χ0v) is 16.2. The van der Waals surface area contributed by atoms with Crippen LogP contribution >= 0.6 is 24.0 Å². The fourth-order valence-corrected chi connectivity index (χ4v) is 2.66. The van der Waals surface area contributed by atoms with Crippen LogP contribution in [0.2, 0.25) is 0 Å². The highest BCUT2D eigenvalue weighted by Crippen LogP contribution is 2.11. The number of rotatable bonds is 5. The molecule has 22 heavy (non-hydrogen) atoms. The summed E-state index contributed by atoms with van der Waals surface area (Å²) in [5.41, 5.74) is 4.08. The predicted molar refractivity (Wildman–Crippen MR) is 106 cm³/mol. The Hall–Kier alpha value is -1.04. The van der Waals surface area contributed by atoms with Crippen molar-refractivity contribution in [3.05, 3.63) is 47.0 Å². The van der Waals surface area contributed by atoms with Crippen molar-refractivity contribution in [2.24, 2.45) is 4.99 Å². The molecule has 1 aliphatic carbocycles. The Balaban J connectivity index is 0.00000242. The van der Waals surface area contributed by atoms with Crippen LogP contribution in [-0.2, 0) is 6.42 Å². The molecule has 0 unspecified atom stereocenters. The molecule has 122 valence electrons. The van der Waals surface area contributed by atoms with Gasteiger partial charge in [0.05, 0.1) is 0 Å². The molecule has 2 N–H and O–H groups in total. The molecule has 0 heterocycles. The summed E-state index contributed by atoms with van der Waals surface area (Å²) in [4.78, 5) is 4.70. The van der Waals surface area contributed by atoms with Crippen molar-refractivity contribution in [2.75, 3.05) is 13.1 Å². The van der Waals surface area contributed by atoms with Crippen LogP contribution in [0.1, 0.15) is 36.5 Å². The molecule has 0 spiro atoms. The molecular weight excluding hydrogens is 385 g/mol. The van der Waals surface area contributed by atoms with Crippen LogP contribution in [0.4, 0.5) is 0 Å². The molecule has 4 heteroatoms. The molecule has 0 amide bonds. The number of aryl methyl sites for hydroxylation is 2. The number of aliphatic imine (C=N–C) groups is 1. The lowest BCUT2D eigenvalue weighted by molar-refractivity contribution is 0.633. The zero-order valence-electron chi connectivity index (χ0n) is 13.9. The van der Waals surface area contributed by atoms with E-state index in [0.29, 0.717) is 6.04 Å². The number of hydrogen-bond donors (Lipinski definition) is 2. The Morgan fingerprint density at radius 1 is 1.23 bits per heavy atom. The van der Waals surface area contributed by atoms with E-state index in [4.69, 9.17) is 4.99 Å². The van der Waals surface area contributed by atoms with Gasteiger partial charge in [0, 0.05) is 19.1 Å². The molecule has 0 saturated heterocycles. The van der Waals surface area contributed by atoms with Crippen molar-refractivity contribution >= 4 is 29.9 Å². The summed E-state index contributed by atoms with van der Waals surface area (Å²) in [6.07, 6.45) is 7.66. The number of benzene rings is 1. The first-order valence-corrected chi connectivity index (χ1v) is 7.95. The highest BCUT2D eigenvalue weighted by molar-refractivity contribution is 14.0. The first-order valence-electron chi connectivity index (χ1n) is 7.95. The van der Waals surface area contributed by atoms with Crippen molar-refractivity contribution in [3.63, 3.8) is 0 Å². The Morgan fingerprint density at radius 2 is 1.95 bits per heavy atom. The molecule has 0 fully saturated rings. The van der Waals surface area contributed by atoms with E-state index in [1.54, 1.807) is 0 Å². The molecule has 0 aliphatic heterocycles. The molecule has 1 aromatic rings. The third kappa shape index (κ3) is 5.99. The van der Waals surface area contributed by atoms with Crippen molar-refractivity contribution < 1.29 is 0 Å². The fourth-order valence-electron chi connectivity index (χ4n) is 2.66. The third-order valence-corrected chi connectivity index (χ3v) is 3.84. The minimum Gasteiger partial charge on any atom is -0.357 e. The van der Waals surface area contributed by atoms with Gasteiger partial charge in [0.1, 0.15) is 0 Å². The first-order chi connectivity index (χ1) is 10.2. The summed E-state index contributed by atoms with van der Waals surface area (Å²) in [5, 5.41) is 6.83. The van der Waals surface area contributed by atoms with E-state index in [1.165, 1.54) is 16.7 Å². The maximum Gasteiger partial charge on any atom is 0.191 e. The van der Waals surface area contributed by atoms with Gasteiger partial charge in [-0.05, 0) is 51.2 Å². The monoisotopic (exact) mass is 413 g/mol. The quantitative estimate of drug-likeness (QED) is 0.334. The molecule has 1 aromatic carbocycles. The number of halogens is 1. The van der Waals surface area contributed by atoms with E-state index in [9.17, 15) is 0 Å². The average molecular weight is 413 g/mol. The molecular formula is C18H28IN3. The smallest absolute Gasteiger partial charge is 0.191 e. The summed E-state index contributed by atoms with van der Waals surface area (Å²) in [5.74, 6) is 0.941. The highest BCUT2D eigenvalue weighted by Gasteiger charge is 2.11. The molecule has 0 atom stereocenters. The Morgan fingerprint density at radius 3 is 2.59 bits per heavy atom. The van der Waals surface area contributed by atoms with E-state index in [1.807, 2.05) is 0 Å². The van der Waals surface area contributed by atoms with Crippen LogP contribution < -0.4 is 10.6 Å². The lowest BCUT2D eigenvalue weighted by Crippen LogP contribution is -2.42. The SMILES string of the molecule is CCNC(=NCCc1ccc(C)cc1C)NC1CC=CC1.I. The maximum atomic E-state index is 4.70. The lowest BCUT2D eigenvalue weighted by atomic mass is 10.0. The van der Waals surface area contributed by atoms with E-state index in [0.717, 1.165) is 38.3 Å². The van der Waals surface area contributed by atoms with Gasteiger partial charge in [-0.15, -0.1) is 24.0 Å². The summed E-state index contributed by atoms with van der Waals surface area (Å²) in [7, 11) is 0. The second-order valence-electron chi connectivity index (χ2n) is 5.72. The Bertz CT molecular complexity index is 515. The van der Waals surface area contributed by atoms with Gasteiger partial charge in [-0.3, -0.25) is 4.99 Å². The minimum absolute atomic E-state index is 0. The van der Waals surface area contributed by atoms with Gasteiger partial charge < -0.3 is 10.6 Å². The minimum atomic E-state index is 0. The first kappa shape index (κ1) is 19.0. The van der Waals surface area contributed by atoms with Crippen molar-refractivity contribution in [3.8, 4) is 0 Å². The second-order valence-corrected chi connectivity index (χ2v) is 5.72. The van der Waals surface area contributed by atoms with Crippen LogP contribution in [-0.4, -0.2) is 25.1 Å². The Labute approximate surface area is 151 Å². The van der Waals surface area contributed by atoms with Gasteiger partial charge in [0.2, 0.25) is 0 Å². The zero-order chi connectivity index (χ0) is 15.1. The standard InChI is InChI=1S/C18H27N3.HI/c1-4-19-18(21-17-7-5-6-8-17)20-12-11-16-10-9-14(2)13-15(16)3;/h5-6,9-10,13,17H,4,7-8,11-12H2,1-3H3,(H2,19,20,21);1H.